The van der Waals surface area contributed by atoms with Crippen LogP contribution in [0.25, 0.3) is 0 Å². The van der Waals surface area contributed by atoms with E-state index in [1.54, 1.807) is 13.8 Å². The lowest BCUT2D eigenvalue weighted by Gasteiger charge is -2.48. The van der Waals surface area contributed by atoms with Gasteiger partial charge in [-0.3, -0.25) is 9.59 Å². The second-order valence-corrected chi connectivity index (χ2v) is 15.5. The fourth-order valence-electron chi connectivity index (χ4n) is 8.47. The minimum absolute atomic E-state index is 0.0290. The van der Waals surface area contributed by atoms with E-state index in [1.807, 2.05) is 39.8 Å². The maximum atomic E-state index is 14.3. The van der Waals surface area contributed by atoms with Crippen LogP contribution < -0.4 is 0 Å². The number of oxime groups is 1. The van der Waals surface area contributed by atoms with Crippen molar-refractivity contribution >= 4 is 17.5 Å². The van der Waals surface area contributed by atoms with E-state index in [0.29, 0.717) is 44.4 Å². The summed E-state index contributed by atoms with van der Waals surface area (Å²) in [6, 6.07) is -0.301. The zero-order valence-electron chi connectivity index (χ0n) is 31.3. The molecule has 0 unspecified atom stereocenters. The molecule has 4 rings (SSSR count). The molecule has 4 heterocycles. The van der Waals surface area contributed by atoms with E-state index in [9.17, 15) is 25.0 Å². The predicted molar refractivity (Wildman–Crippen MR) is 183 cm³/mol. The second-order valence-electron chi connectivity index (χ2n) is 15.5. The molecule has 0 saturated carbocycles. The van der Waals surface area contributed by atoms with Gasteiger partial charge in [-0.15, -0.1) is 0 Å². The minimum atomic E-state index is -1.43. The van der Waals surface area contributed by atoms with Crippen LogP contribution in [0.15, 0.2) is 5.16 Å². The molecule has 12 nitrogen and oxygen atoms in total. The van der Waals surface area contributed by atoms with Crippen LogP contribution >= 0.6 is 0 Å². The Morgan fingerprint density at radius 3 is 2.35 bits per heavy atom. The molecule has 4 aliphatic rings. The van der Waals surface area contributed by atoms with Crippen LogP contribution in [0, 0.1) is 23.7 Å². The van der Waals surface area contributed by atoms with E-state index in [-0.39, 0.29) is 36.6 Å². The van der Waals surface area contributed by atoms with Gasteiger partial charge >= 0.3 is 5.97 Å². The van der Waals surface area contributed by atoms with Crippen LogP contribution in [0.2, 0.25) is 0 Å². The van der Waals surface area contributed by atoms with E-state index in [1.165, 1.54) is 6.92 Å². The molecular formula is C36H65N3O9. The molecule has 48 heavy (non-hydrogen) atoms. The standard InChI is InChI=1S/C36H65N3O9/c1-12-16-39-19-21(3)27-15-14-26(37-44)20-45-35(8,18-22(39)4)32(48-34-31(41)28(38(10)11)17-23(5)46-34)24(6)30(40)25(7)33(42)47-29(13-2)36(27,9)43/h21-25,27-29,31-32,34,41,43-44H,12-20H2,1-11H3/b37-26+/t21-,22+,23+,24-,25+,27+,28-,29+,31+,32+,34-,35+,36-/m0/s1. The zero-order chi connectivity index (χ0) is 36.1. The summed E-state index contributed by atoms with van der Waals surface area (Å²) in [7, 11) is 3.80. The average Bonchev–Trinajstić information content (AvgIpc) is 3.02. The highest BCUT2D eigenvalue weighted by Crippen LogP contribution is 2.40. The number of hydrogen-bond acceptors (Lipinski definition) is 12. The van der Waals surface area contributed by atoms with Gasteiger partial charge in [0.25, 0.3) is 0 Å². The molecule has 3 N–H and O–H groups in total. The Morgan fingerprint density at radius 1 is 1.10 bits per heavy atom. The van der Waals surface area contributed by atoms with Crippen molar-refractivity contribution in [1.29, 1.82) is 0 Å². The van der Waals surface area contributed by atoms with Crippen LogP contribution in [-0.2, 0) is 28.5 Å². The number of nitrogens with zero attached hydrogens (tertiary/aromatic N) is 3. The van der Waals surface area contributed by atoms with Crippen molar-refractivity contribution in [2.75, 3.05) is 33.8 Å². The molecule has 278 valence electrons. The Balaban J connectivity index is 2.26. The van der Waals surface area contributed by atoms with E-state index >= 15 is 0 Å². The second kappa shape index (κ2) is 17.0. The molecule has 2 bridgehead atoms. The van der Waals surface area contributed by atoms with Crippen molar-refractivity contribution < 1.29 is 44.0 Å². The molecular weight excluding hydrogens is 618 g/mol. The van der Waals surface area contributed by atoms with Gasteiger partial charge in [0.2, 0.25) is 0 Å². The number of ketones is 1. The van der Waals surface area contributed by atoms with Gasteiger partial charge in [0.1, 0.15) is 23.7 Å². The number of fused-ring (bicyclic) bond motifs is 15. The van der Waals surface area contributed by atoms with Crippen LogP contribution in [0.5, 0.6) is 0 Å². The van der Waals surface area contributed by atoms with Gasteiger partial charge in [-0.1, -0.05) is 32.9 Å². The average molecular weight is 684 g/mol. The molecule has 4 fully saturated rings. The van der Waals surface area contributed by atoms with Crippen LogP contribution in [-0.4, -0.2) is 130 Å². The fourth-order valence-corrected chi connectivity index (χ4v) is 8.47. The topological polar surface area (TPSA) is 151 Å². The zero-order valence-corrected chi connectivity index (χ0v) is 31.3. The number of rotatable bonds is 6. The molecule has 13 atom stereocenters. The molecule has 12 heteroatoms. The molecule has 0 spiro atoms. The first-order valence-corrected chi connectivity index (χ1v) is 18.1. The monoisotopic (exact) mass is 683 g/mol. The SMILES string of the molecule is CCCN1C[C@H](C)[C@H]2CC/C(=N\O)CO[C@](C)(C[C@H]1C)[C@H](O[C@@H]1O[C@H](C)C[C@H](N(C)C)[C@H]1O)[C@@H](C)C(=O)[C@@H](C)C(=O)O[C@H](CC)[C@@]2(C)O. The summed E-state index contributed by atoms with van der Waals surface area (Å²) in [6.45, 7) is 18.5. The Morgan fingerprint density at radius 2 is 1.77 bits per heavy atom. The van der Waals surface area contributed by atoms with Gasteiger partial charge in [0.15, 0.2) is 12.1 Å². The quantitative estimate of drug-likeness (QED) is 0.162. The van der Waals surface area contributed by atoms with Crippen molar-refractivity contribution in [2.24, 2.45) is 28.8 Å². The number of carbonyl (C=O) groups is 2. The highest BCUT2D eigenvalue weighted by Gasteiger charge is 2.51. The third kappa shape index (κ3) is 9.16. The molecule has 0 aromatic rings. The summed E-state index contributed by atoms with van der Waals surface area (Å²) in [6.07, 6.45) is -1.05. The molecule has 0 aliphatic carbocycles. The van der Waals surface area contributed by atoms with Crippen LogP contribution in [0.4, 0.5) is 0 Å². The number of esters is 1. The van der Waals surface area contributed by atoms with Crippen LogP contribution in [0.3, 0.4) is 0 Å². The van der Waals surface area contributed by atoms with Crippen molar-refractivity contribution in [2.45, 2.75) is 155 Å². The van der Waals surface area contributed by atoms with Crippen molar-refractivity contribution in [3.8, 4) is 0 Å². The van der Waals surface area contributed by atoms with Gasteiger partial charge in [-0.2, -0.15) is 0 Å². The van der Waals surface area contributed by atoms with Gasteiger partial charge < -0.3 is 44.2 Å². The van der Waals surface area contributed by atoms with Gasteiger partial charge in [0.05, 0.1) is 30.1 Å². The first-order chi connectivity index (χ1) is 22.4. The van der Waals surface area contributed by atoms with Gasteiger partial charge in [-0.25, -0.2) is 0 Å². The van der Waals surface area contributed by atoms with Gasteiger partial charge in [-0.05, 0) is 106 Å². The third-order valence-corrected chi connectivity index (χ3v) is 11.4. The summed E-state index contributed by atoms with van der Waals surface area (Å²) in [5.41, 5.74) is -2.19. The first-order valence-electron chi connectivity index (χ1n) is 18.1. The van der Waals surface area contributed by atoms with Gasteiger partial charge in [0, 0.05) is 24.5 Å². The summed E-state index contributed by atoms with van der Waals surface area (Å²) >= 11 is 0. The molecule has 4 aliphatic heterocycles. The number of carbonyl (C=O) groups excluding carboxylic acids is 2. The number of ether oxygens (including phenoxy) is 4. The van der Waals surface area contributed by atoms with Crippen LogP contribution in [0.1, 0.15) is 101 Å². The lowest BCUT2D eigenvalue weighted by atomic mass is 9.72. The third-order valence-electron chi connectivity index (χ3n) is 11.4. The smallest absolute Gasteiger partial charge is 0.316 e. The number of aliphatic hydroxyl groups is 2. The maximum absolute atomic E-state index is 14.3. The molecule has 0 aromatic carbocycles. The summed E-state index contributed by atoms with van der Waals surface area (Å²) in [5, 5.41) is 37.4. The highest BCUT2D eigenvalue weighted by atomic mass is 16.7. The van der Waals surface area contributed by atoms with E-state index < -0.39 is 59.4 Å². The Bertz CT molecular complexity index is 1100. The summed E-state index contributed by atoms with van der Waals surface area (Å²) in [4.78, 5) is 32.3. The van der Waals surface area contributed by atoms with E-state index in [0.717, 1.165) is 13.0 Å². The molecule has 4 saturated heterocycles. The lowest BCUT2D eigenvalue weighted by Crippen LogP contribution is -2.60. The Hall–Kier alpha value is -1.67. The highest BCUT2D eigenvalue weighted by molar-refractivity contribution is 6.00. The molecule has 0 aromatic heterocycles. The number of hydrogen-bond donors (Lipinski definition) is 3. The summed E-state index contributed by atoms with van der Waals surface area (Å²) < 4.78 is 25.7. The van der Waals surface area contributed by atoms with E-state index in [2.05, 4.69) is 30.8 Å². The Labute approximate surface area is 288 Å². The summed E-state index contributed by atoms with van der Waals surface area (Å²) in [5.74, 6) is -3.51. The van der Waals surface area contributed by atoms with Crippen molar-refractivity contribution in [3.63, 3.8) is 0 Å². The minimum Gasteiger partial charge on any atom is -0.459 e. The maximum Gasteiger partial charge on any atom is 0.316 e. The predicted octanol–water partition coefficient (Wildman–Crippen LogP) is 3.87. The first kappa shape index (κ1) is 40.8. The Kier molecular flexibility index (Phi) is 14.5. The normalized spacial score (nSPS) is 44.0. The fraction of sp³-hybridized carbons (Fsp3) is 0.917. The number of aliphatic hydroxyl groups excluding tert-OH is 1. The largest absolute Gasteiger partial charge is 0.459 e. The van der Waals surface area contributed by atoms with Crippen molar-refractivity contribution in [1.82, 2.24) is 9.80 Å². The number of Topliss-reactive ketones (excluding diaryl/α,β-unsaturated/α-hetero) is 1. The molecule has 0 amide bonds. The lowest BCUT2D eigenvalue weighted by molar-refractivity contribution is -0.296. The van der Waals surface area contributed by atoms with Crippen molar-refractivity contribution in [3.05, 3.63) is 0 Å². The molecule has 0 radical (unpaired) electrons. The number of likely N-dealkylation sites (N-methyl/N-ethyl adjacent to an activating group) is 1. The van der Waals surface area contributed by atoms with E-state index in [4.69, 9.17) is 18.9 Å².